The molecule has 1 N–H and O–H groups in total. The van der Waals surface area contributed by atoms with Gasteiger partial charge in [0.2, 0.25) is 5.91 Å². The van der Waals surface area contributed by atoms with Gasteiger partial charge in [0.25, 0.3) is 0 Å². The number of fused-ring (bicyclic) bond motifs is 2. The summed E-state index contributed by atoms with van der Waals surface area (Å²) in [5.41, 5.74) is 2.31. The average Bonchev–Trinajstić information content (AvgIpc) is 3.13. The van der Waals surface area contributed by atoms with Gasteiger partial charge in [0.1, 0.15) is 5.75 Å². The van der Waals surface area contributed by atoms with Crippen LogP contribution in [-0.2, 0) is 11.2 Å². The van der Waals surface area contributed by atoms with Crippen LogP contribution in [0.3, 0.4) is 0 Å². The molecule has 1 amide bonds. The standard InChI is InChI=1S/C18H21N3O2S/c22-17(10-15-12-24-18-19-6-7-21(15)18)20-11-13-5-8-23-16-4-2-1-3-14(16)9-13/h1-4,12-13H,5-11H2,(H,20,22)/t13-/m0/s1. The summed E-state index contributed by atoms with van der Waals surface area (Å²) >= 11 is 1.62. The number of nitrogens with zero attached hydrogens (tertiary/aromatic N) is 2. The number of hydrogen-bond acceptors (Lipinski definition) is 5. The Morgan fingerprint density at radius 3 is 3.29 bits per heavy atom. The van der Waals surface area contributed by atoms with Gasteiger partial charge in [0.05, 0.1) is 19.6 Å². The van der Waals surface area contributed by atoms with Gasteiger partial charge < -0.3 is 15.0 Å². The Hall–Kier alpha value is -1.95. The zero-order valence-corrected chi connectivity index (χ0v) is 14.3. The van der Waals surface area contributed by atoms with Gasteiger partial charge in [-0.25, -0.2) is 0 Å². The van der Waals surface area contributed by atoms with E-state index in [9.17, 15) is 4.79 Å². The zero-order chi connectivity index (χ0) is 16.4. The van der Waals surface area contributed by atoms with Gasteiger partial charge in [0, 0.05) is 18.8 Å². The van der Waals surface area contributed by atoms with E-state index in [2.05, 4.69) is 21.3 Å². The van der Waals surface area contributed by atoms with E-state index in [0.717, 1.165) is 42.5 Å². The Morgan fingerprint density at radius 1 is 1.42 bits per heavy atom. The molecule has 3 aliphatic rings. The Bertz CT molecular complexity index is 701. The number of amides is 1. The molecule has 1 aromatic rings. The predicted octanol–water partition coefficient (Wildman–Crippen LogP) is 2.39. The summed E-state index contributed by atoms with van der Waals surface area (Å²) in [5, 5.41) is 6.19. The second kappa shape index (κ2) is 6.89. The molecule has 0 fully saturated rings. The third-order valence-corrected chi connectivity index (χ3v) is 5.59. The lowest BCUT2D eigenvalue weighted by molar-refractivity contribution is -0.120. The molecule has 0 saturated heterocycles. The van der Waals surface area contributed by atoms with E-state index in [1.807, 2.05) is 23.6 Å². The average molecular weight is 343 g/mol. The zero-order valence-electron chi connectivity index (χ0n) is 13.5. The second-order valence-corrected chi connectivity index (χ2v) is 7.18. The predicted molar refractivity (Wildman–Crippen MR) is 96.1 cm³/mol. The molecule has 4 rings (SSSR count). The summed E-state index contributed by atoms with van der Waals surface area (Å²) < 4.78 is 5.80. The Labute approximate surface area is 146 Å². The minimum Gasteiger partial charge on any atom is -0.493 e. The molecule has 24 heavy (non-hydrogen) atoms. The number of thioether (sulfide) groups is 1. The van der Waals surface area contributed by atoms with Gasteiger partial charge in [-0.05, 0) is 35.8 Å². The minimum atomic E-state index is 0.0912. The van der Waals surface area contributed by atoms with Crippen molar-refractivity contribution in [3.63, 3.8) is 0 Å². The molecule has 0 unspecified atom stereocenters. The number of carbonyl (C=O) groups excluding carboxylic acids is 1. The quantitative estimate of drug-likeness (QED) is 0.912. The number of hydrogen-bond donors (Lipinski definition) is 1. The number of amidine groups is 1. The van der Waals surface area contributed by atoms with Crippen molar-refractivity contribution < 1.29 is 9.53 Å². The molecule has 0 saturated carbocycles. The first-order valence-corrected chi connectivity index (χ1v) is 9.32. The maximum absolute atomic E-state index is 12.3. The highest BCUT2D eigenvalue weighted by molar-refractivity contribution is 8.16. The molecule has 126 valence electrons. The van der Waals surface area contributed by atoms with Crippen molar-refractivity contribution in [1.82, 2.24) is 10.2 Å². The van der Waals surface area contributed by atoms with Gasteiger partial charge in [-0.1, -0.05) is 30.0 Å². The van der Waals surface area contributed by atoms with Crippen molar-refractivity contribution >= 4 is 22.8 Å². The number of nitrogens with one attached hydrogen (secondary N) is 1. The molecule has 3 heterocycles. The van der Waals surface area contributed by atoms with E-state index in [1.165, 1.54) is 5.56 Å². The van der Waals surface area contributed by atoms with Crippen LogP contribution in [-0.4, -0.2) is 42.2 Å². The molecule has 0 spiro atoms. The first-order valence-electron chi connectivity index (χ1n) is 8.45. The Kier molecular flexibility index (Phi) is 4.47. The third kappa shape index (κ3) is 3.29. The van der Waals surface area contributed by atoms with Gasteiger partial charge in [-0.2, -0.15) is 0 Å². The highest BCUT2D eigenvalue weighted by Gasteiger charge is 2.27. The smallest absolute Gasteiger partial charge is 0.225 e. The largest absolute Gasteiger partial charge is 0.493 e. The van der Waals surface area contributed by atoms with E-state index in [-0.39, 0.29) is 5.91 Å². The minimum absolute atomic E-state index is 0.0912. The van der Waals surface area contributed by atoms with Crippen molar-refractivity contribution in [1.29, 1.82) is 0 Å². The molecule has 3 aliphatic heterocycles. The summed E-state index contributed by atoms with van der Waals surface area (Å²) in [5.74, 6) is 1.50. The fourth-order valence-corrected chi connectivity index (χ4v) is 4.29. The Balaban J connectivity index is 1.29. The van der Waals surface area contributed by atoms with Crippen LogP contribution in [0.4, 0.5) is 0 Å². The summed E-state index contributed by atoms with van der Waals surface area (Å²) in [7, 11) is 0. The van der Waals surface area contributed by atoms with Crippen LogP contribution in [0.2, 0.25) is 0 Å². The van der Waals surface area contributed by atoms with E-state index in [4.69, 9.17) is 4.74 Å². The molecule has 6 heteroatoms. The number of ether oxygens (including phenoxy) is 1. The van der Waals surface area contributed by atoms with Gasteiger partial charge in [-0.15, -0.1) is 0 Å². The van der Waals surface area contributed by atoms with E-state index < -0.39 is 0 Å². The number of aliphatic imine (C=N–C) groups is 1. The molecular formula is C18H21N3O2S. The van der Waals surface area contributed by atoms with Crippen LogP contribution in [0.1, 0.15) is 18.4 Å². The van der Waals surface area contributed by atoms with Crippen molar-refractivity contribution in [2.24, 2.45) is 10.9 Å². The van der Waals surface area contributed by atoms with Gasteiger partial charge in [-0.3, -0.25) is 9.79 Å². The lowest BCUT2D eigenvalue weighted by Gasteiger charge is -2.18. The van der Waals surface area contributed by atoms with Gasteiger partial charge in [0.15, 0.2) is 5.17 Å². The highest BCUT2D eigenvalue weighted by Crippen LogP contribution is 2.31. The first kappa shape index (κ1) is 15.6. The van der Waals surface area contributed by atoms with Crippen molar-refractivity contribution in [2.75, 3.05) is 26.2 Å². The van der Waals surface area contributed by atoms with E-state index >= 15 is 0 Å². The fourth-order valence-electron chi connectivity index (χ4n) is 3.34. The molecular weight excluding hydrogens is 322 g/mol. The molecule has 5 nitrogen and oxygen atoms in total. The molecule has 0 radical (unpaired) electrons. The van der Waals surface area contributed by atoms with Crippen LogP contribution < -0.4 is 10.1 Å². The fraction of sp³-hybridized carbons (Fsp3) is 0.444. The highest BCUT2D eigenvalue weighted by atomic mass is 32.2. The van der Waals surface area contributed by atoms with Crippen LogP contribution in [0.5, 0.6) is 5.75 Å². The second-order valence-electron chi connectivity index (χ2n) is 6.34. The summed E-state index contributed by atoms with van der Waals surface area (Å²) in [6, 6.07) is 8.19. The van der Waals surface area contributed by atoms with Crippen molar-refractivity contribution in [3.05, 3.63) is 40.9 Å². The maximum atomic E-state index is 12.3. The number of carbonyl (C=O) groups is 1. The lowest BCUT2D eigenvalue weighted by atomic mass is 9.97. The van der Waals surface area contributed by atoms with Crippen LogP contribution in [0.25, 0.3) is 0 Å². The van der Waals surface area contributed by atoms with Crippen LogP contribution in [0.15, 0.2) is 40.4 Å². The monoisotopic (exact) mass is 343 g/mol. The molecule has 1 aromatic carbocycles. The Morgan fingerprint density at radius 2 is 2.33 bits per heavy atom. The first-order chi connectivity index (χ1) is 11.8. The molecule has 0 bridgehead atoms. The van der Waals surface area contributed by atoms with Crippen LogP contribution in [0, 0.1) is 5.92 Å². The summed E-state index contributed by atoms with van der Waals surface area (Å²) in [4.78, 5) is 18.9. The normalized spacial score (nSPS) is 22.0. The third-order valence-electron chi connectivity index (χ3n) is 4.64. The van der Waals surface area contributed by atoms with Crippen molar-refractivity contribution in [2.45, 2.75) is 19.3 Å². The molecule has 0 aliphatic carbocycles. The van der Waals surface area contributed by atoms with Crippen LogP contribution >= 0.6 is 11.8 Å². The maximum Gasteiger partial charge on any atom is 0.225 e. The number of para-hydroxylation sites is 1. The summed E-state index contributed by atoms with van der Waals surface area (Å²) in [6.07, 6.45) is 2.36. The van der Waals surface area contributed by atoms with E-state index in [1.54, 1.807) is 11.8 Å². The molecule has 1 atom stereocenters. The van der Waals surface area contributed by atoms with Crippen molar-refractivity contribution in [3.8, 4) is 5.75 Å². The van der Waals surface area contributed by atoms with Gasteiger partial charge >= 0.3 is 0 Å². The molecule has 0 aromatic heterocycles. The van der Waals surface area contributed by atoms with E-state index in [0.29, 0.717) is 25.5 Å². The number of benzene rings is 1. The lowest BCUT2D eigenvalue weighted by Crippen LogP contribution is -2.32. The topological polar surface area (TPSA) is 53.9 Å². The summed E-state index contributed by atoms with van der Waals surface area (Å²) in [6.45, 7) is 3.16. The number of rotatable bonds is 4. The SMILES string of the molecule is O=C(CC1=CSC2=NCCN12)NC[C@H]1CCOc2ccccc2C1.